The molecule has 0 aromatic heterocycles. The smallest absolute Gasteiger partial charge is 0.257 e. The maximum absolute atomic E-state index is 12.5. The molecule has 0 fully saturated rings. The van der Waals surface area contributed by atoms with Crippen LogP contribution < -0.4 is 10.6 Å². The van der Waals surface area contributed by atoms with Crippen LogP contribution >= 0.6 is 11.6 Å². The average molecular weight is 333 g/mol. The number of para-hydroxylation sites is 1. The van der Waals surface area contributed by atoms with Crippen molar-refractivity contribution in [3.05, 3.63) is 59.2 Å². The molecular weight excluding hydrogens is 312 g/mol. The number of aliphatic hydroxyl groups excluding tert-OH is 1. The van der Waals surface area contributed by atoms with Gasteiger partial charge in [0.25, 0.3) is 5.91 Å². The number of rotatable bonds is 6. The molecule has 1 unspecified atom stereocenters. The van der Waals surface area contributed by atoms with Gasteiger partial charge in [-0.05, 0) is 49.2 Å². The summed E-state index contributed by atoms with van der Waals surface area (Å²) in [6.45, 7) is 4.33. The molecule has 2 aromatic carbocycles. The van der Waals surface area contributed by atoms with E-state index in [1.165, 1.54) is 5.56 Å². The normalized spacial score (nSPS) is 11.8. The van der Waals surface area contributed by atoms with E-state index in [2.05, 4.69) is 10.6 Å². The van der Waals surface area contributed by atoms with E-state index in [9.17, 15) is 9.90 Å². The summed E-state index contributed by atoms with van der Waals surface area (Å²) in [5, 5.41) is 15.5. The number of carbonyl (C=O) groups is 1. The molecule has 2 aromatic rings. The van der Waals surface area contributed by atoms with E-state index < -0.39 is 6.10 Å². The molecule has 4 nitrogen and oxygen atoms in total. The van der Waals surface area contributed by atoms with Crippen LogP contribution in [-0.2, 0) is 0 Å². The summed E-state index contributed by atoms with van der Waals surface area (Å²) in [7, 11) is 0. The Kier molecular flexibility index (Phi) is 6.02. The Hall–Kier alpha value is -2.04. The van der Waals surface area contributed by atoms with Gasteiger partial charge in [-0.1, -0.05) is 18.2 Å². The van der Waals surface area contributed by atoms with Gasteiger partial charge in [-0.15, -0.1) is 11.6 Å². The van der Waals surface area contributed by atoms with Gasteiger partial charge in [-0.2, -0.15) is 0 Å². The molecular formula is C18H21ClN2O2. The highest BCUT2D eigenvalue weighted by Crippen LogP contribution is 2.19. The molecule has 2 rings (SSSR count). The highest BCUT2D eigenvalue weighted by atomic mass is 35.5. The van der Waals surface area contributed by atoms with Crippen LogP contribution in [0.25, 0.3) is 0 Å². The van der Waals surface area contributed by atoms with Crippen LogP contribution in [-0.4, -0.2) is 29.5 Å². The van der Waals surface area contributed by atoms with Crippen molar-refractivity contribution in [3.8, 4) is 0 Å². The molecule has 0 spiro atoms. The zero-order chi connectivity index (χ0) is 16.8. The summed E-state index contributed by atoms with van der Waals surface area (Å²) in [6, 6.07) is 13.0. The number of nitrogens with one attached hydrogen (secondary N) is 2. The summed E-state index contributed by atoms with van der Waals surface area (Å²) >= 11 is 5.59. The van der Waals surface area contributed by atoms with Gasteiger partial charge in [0.1, 0.15) is 0 Å². The number of benzene rings is 2. The number of hydrogen-bond acceptors (Lipinski definition) is 3. The molecule has 0 aliphatic heterocycles. The Morgan fingerprint density at radius 1 is 1.17 bits per heavy atom. The molecule has 3 N–H and O–H groups in total. The summed E-state index contributed by atoms with van der Waals surface area (Å²) in [6.07, 6.45) is -0.660. The van der Waals surface area contributed by atoms with Crippen LogP contribution in [0.3, 0.4) is 0 Å². The standard InChI is InChI=1S/C18H21ClN2O2/c1-12-7-8-14(9-13(12)2)21-18(23)16-5-3-4-6-17(16)20-11-15(22)10-19/h3-9,15,20,22H,10-11H2,1-2H3,(H,21,23). The van der Waals surface area contributed by atoms with Gasteiger partial charge < -0.3 is 15.7 Å². The van der Waals surface area contributed by atoms with Gasteiger partial charge in [-0.25, -0.2) is 0 Å². The van der Waals surface area contributed by atoms with Crippen molar-refractivity contribution in [2.24, 2.45) is 0 Å². The lowest BCUT2D eigenvalue weighted by atomic mass is 10.1. The SMILES string of the molecule is Cc1ccc(NC(=O)c2ccccc2NCC(O)CCl)cc1C. The molecule has 0 heterocycles. The largest absolute Gasteiger partial charge is 0.390 e. The fourth-order valence-electron chi connectivity index (χ4n) is 2.14. The summed E-state index contributed by atoms with van der Waals surface area (Å²) in [5.41, 5.74) is 4.25. The second kappa shape index (κ2) is 7.99. The van der Waals surface area contributed by atoms with Crippen molar-refractivity contribution < 1.29 is 9.90 Å². The minimum Gasteiger partial charge on any atom is -0.390 e. The van der Waals surface area contributed by atoms with Crippen molar-refractivity contribution in [1.29, 1.82) is 0 Å². The van der Waals surface area contributed by atoms with Gasteiger partial charge >= 0.3 is 0 Å². The first-order chi connectivity index (χ1) is 11.0. The third-order valence-electron chi connectivity index (χ3n) is 3.64. The first kappa shape index (κ1) is 17.3. The number of alkyl halides is 1. The lowest BCUT2D eigenvalue weighted by Crippen LogP contribution is -2.22. The summed E-state index contributed by atoms with van der Waals surface area (Å²) in [5.74, 6) is -0.0546. The molecule has 0 saturated heterocycles. The number of hydrogen-bond donors (Lipinski definition) is 3. The molecule has 0 bridgehead atoms. The van der Waals surface area contributed by atoms with E-state index in [4.69, 9.17) is 11.6 Å². The van der Waals surface area contributed by atoms with Crippen LogP contribution in [0.5, 0.6) is 0 Å². The third-order valence-corrected chi connectivity index (χ3v) is 4.00. The Bertz CT molecular complexity index is 688. The predicted octanol–water partition coefficient (Wildman–Crippen LogP) is 3.57. The van der Waals surface area contributed by atoms with E-state index in [1.54, 1.807) is 18.2 Å². The van der Waals surface area contributed by atoms with Crippen LogP contribution in [0.4, 0.5) is 11.4 Å². The van der Waals surface area contributed by atoms with Crippen molar-refractivity contribution in [3.63, 3.8) is 0 Å². The van der Waals surface area contributed by atoms with Crippen LogP contribution in [0, 0.1) is 13.8 Å². The molecule has 0 aliphatic rings. The van der Waals surface area contributed by atoms with Gasteiger partial charge in [-0.3, -0.25) is 4.79 Å². The van der Waals surface area contributed by atoms with Crippen molar-refractivity contribution >= 4 is 28.9 Å². The van der Waals surface area contributed by atoms with Crippen LogP contribution in [0.15, 0.2) is 42.5 Å². The average Bonchev–Trinajstić information content (AvgIpc) is 2.56. The fraction of sp³-hybridized carbons (Fsp3) is 0.278. The predicted molar refractivity (Wildman–Crippen MR) is 95.5 cm³/mol. The minimum atomic E-state index is -0.660. The lowest BCUT2D eigenvalue weighted by Gasteiger charge is -2.14. The molecule has 0 radical (unpaired) electrons. The second-order valence-corrected chi connectivity index (χ2v) is 5.80. The number of anilines is 2. The lowest BCUT2D eigenvalue weighted by molar-refractivity contribution is 0.102. The quantitative estimate of drug-likeness (QED) is 0.709. The maximum Gasteiger partial charge on any atom is 0.257 e. The number of aliphatic hydroxyl groups is 1. The zero-order valence-electron chi connectivity index (χ0n) is 13.3. The topological polar surface area (TPSA) is 61.4 Å². The summed E-state index contributed by atoms with van der Waals surface area (Å²) < 4.78 is 0. The first-order valence-corrected chi connectivity index (χ1v) is 8.00. The number of halogens is 1. The monoisotopic (exact) mass is 332 g/mol. The molecule has 5 heteroatoms. The Morgan fingerprint density at radius 2 is 1.91 bits per heavy atom. The van der Waals surface area contributed by atoms with Gasteiger partial charge in [0.05, 0.1) is 17.5 Å². The van der Waals surface area contributed by atoms with E-state index in [1.807, 2.05) is 38.1 Å². The van der Waals surface area contributed by atoms with Crippen molar-refractivity contribution in [1.82, 2.24) is 0 Å². The number of aryl methyl sites for hydroxylation is 2. The Balaban J connectivity index is 2.13. The van der Waals surface area contributed by atoms with E-state index in [-0.39, 0.29) is 18.3 Å². The molecule has 1 amide bonds. The number of carbonyl (C=O) groups excluding carboxylic acids is 1. The Morgan fingerprint density at radius 3 is 2.61 bits per heavy atom. The highest BCUT2D eigenvalue weighted by molar-refractivity contribution is 6.18. The molecule has 0 saturated carbocycles. The summed E-state index contributed by atoms with van der Waals surface area (Å²) in [4.78, 5) is 12.5. The zero-order valence-corrected chi connectivity index (χ0v) is 14.0. The molecule has 0 aliphatic carbocycles. The van der Waals surface area contributed by atoms with Crippen LogP contribution in [0.2, 0.25) is 0 Å². The Labute approximate surface area is 141 Å². The molecule has 1 atom stereocenters. The van der Waals surface area contributed by atoms with Gasteiger partial charge in [0.15, 0.2) is 0 Å². The third kappa shape index (κ3) is 4.71. The van der Waals surface area contributed by atoms with Crippen molar-refractivity contribution in [2.45, 2.75) is 20.0 Å². The number of amides is 1. The second-order valence-electron chi connectivity index (χ2n) is 5.49. The first-order valence-electron chi connectivity index (χ1n) is 7.47. The van der Waals surface area contributed by atoms with Crippen LogP contribution in [0.1, 0.15) is 21.5 Å². The van der Waals surface area contributed by atoms with Gasteiger partial charge in [0, 0.05) is 17.9 Å². The molecule has 122 valence electrons. The van der Waals surface area contributed by atoms with Crippen molar-refractivity contribution in [2.75, 3.05) is 23.1 Å². The van der Waals surface area contributed by atoms with Gasteiger partial charge in [0.2, 0.25) is 0 Å². The van der Waals surface area contributed by atoms with E-state index in [0.29, 0.717) is 11.3 Å². The van der Waals surface area contributed by atoms with E-state index in [0.717, 1.165) is 11.3 Å². The van der Waals surface area contributed by atoms with E-state index >= 15 is 0 Å². The highest BCUT2D eigenvalue weighted by Gasteiger charge is 2.12. The molecule has 23 heavy (non-hydrogen) atoms. The fourth-order valence-corrected chi connectivity index (χ4v) is 2.24. The minimum absolute atomic E-state index is 0.143. The maximum atomic E-state index is 12.5.